The molecule has 2 heterocycles. The third kappa shape index (κ3) is 3.53. The Morgan fingerprint density at radius 2 is 2.00 bits per heavy atom. The van der Waals surface area contributed by atoms with Crippen molar-refractivity contribution in [1.82, 2.24) is 10.3 Å². The third-order valence-corrected chi connectivity index (χ3v) is 5.77. The number of pyridine rings is 1. The summed E-state index contributed by atoms with van der Waals surface area (Å²) in [7, 11) is -3.69. The minimum Gasteiger partial charge on any atom is -0.348 e. The van der Waals surface area contributed by atoms with E-state index >= 15 is 0 Å². The molecule has 2 amide bonds. The van der Waals surface area contributed by atoms with Gasteiger partial charge in [0.05, 0.1) is 17.4 Å². The fourth-order valence-corrected chi connectivity index (χ4v) is 4.46. The summed E-state index contributed by atoms with van der Waals surface area (Å²) < 4.78 is 25.1. The van der Waals surface area contributed by atoms with Gasteiger partial charge in [0.1, 0.15) is 0 Å². The summed E-state index contributed by atoms with van der Waals surface area (Å²) in [6.07, 6.45) is 3.26. The number of nitrogens with zero attached hydrogens (tertiary/aromatic N) is 2. The number of rotatable bonds is 4. The molecule has 1 atom stereocenters. The van der Waals surface area contributed by atoms with Gasteiger partial charge in [0, 0.05) is 24.5 Å². The molecule has 1 fully saturated rings. The van der Waals surface area contributed by atoms with Gasteiger partial charge in [0.15, 0.2) is 0 Å². The summed E-state index contributed by atoms with van der Waals surface area (Å²) in [4.78, 5) is 28.4. The number of carbonyl (C=O) groups is 2. The van der Waals surface area contributed by atoms with Crippen LogP contribution in [0.5, 0.6) is 0 Å². The summed E-state index contributed by atoms with van der Waals surface area (Å²) in [6.45, 7) is 1.90. The zero-order chi connectivity index (χ0) is 18.0. The van der Waals surface area contributed by atoms with E-state index in [-0.39, 0.29) is 22.9 Å². The molecule has 1 aromatic carbocycles. The topological polar surface area (TPSA) is 96.4 Å². The Kier molecular flexibility index (Phi) is 4.54. The highest BCUT2D eigenvalue weighted by Crippen LogP contribution is 2.28. The van der Waals surface area contributed by atoms with Gasteiger partial charge in [-0.3, -0.25) is 14.6 Å². The molecule has 8 heteroatoms. The van der Waals surface area contributed by atoms with E-state index in [1.165, 1.54) is 12.1 Å². The summed E-state index contributed by atoms with van der Waals surface area (Å²) >= 11 is 0. The van der Waals surface area contributed by atoms with E-state index in [9.17, 15) is 18.0 Å². The molecule has 25 heavy (non-hydrogen) atoms. The van der Waals surface area contributed by atoms with Gasteiger partial charge in [-0.15, -0.1) is 0 Å². The van der Waals surface area contributed by atoms with Crippen LogP contribution < -0.4 is 9.62 Å². The summed E-state index contributed by atoms with van der Waals surface area (Å²) in [5.41, 5.74) is 1.37. The number of hydrogen-bond donors (Lipinski definition) is 1. The molecule has 3 rings (SSSR count). The van der Waals surface area contributed by atoms with Crippen molar-refractivity contribution in [2.24, 2.45) is 5.92 Å². The second-order valence-corrected chi connectivity index (χ2v) is 7.73. The van der Waals surface area contributed by atoms with Gasteiger partial charge >= 0.3 is 0 Å². The van der Waals surface area contributed by atoms with Gasteiger partial charge in [0.25, 0.3) is 5.91 Å². The van der Waals surface area contributed by atoms with Crippen molar-refractivity contribution in [2.75, 3.05) is 10.1 Å². The van der Waals surface area contributed by atoms with Crippen LogP contribution >= 0.6 is 0 Å². The van der Waals surface area contributed by atoms with Crippen LogP contribution in [-0.4, -0.2) is 31.0 Å². The van der Waals surface area contributed by atoms with Crippen molar-refractivity contribution >= 4 is 27.5 Å². The predicted octanol–water partition coefficient (Wildman–Crippen LogP) is 1.32. The Balaban J connectivity index is 1.80. The van der Waals surface area contributed by atoms with Crippen molar-refractivity contribution in [3.63, 3.8) is 0 Å². The highest BCUT2D eigenvalue weighted by atomic mass is 32.2. The first-order chi connectivity index (χ1) is 11.9. The lowest BCUT2D eigenvalue weighted by molar-refractivity contribution is -0.119. The number of benzene rings is 1. The molecule has 0 radical (unpaired) electrons. The van der Waals surface area contributed by atoms with Crippen LogP contribution in [0.1, 0.15) is 22.8 Å². The van der Waals surface area contributed by atoms with Gasteiger partial charge in [-0.25, -0.2) is 12.7 Å². The first kappa shape index (κ1) is 17.1. The third-order valence-electron chi connectivity index (χ3n) is 3.91. The largest absolute Gasteiger partial charge is 0.348 e. The normalized spacial score (nSPS) is 19.0. The van der Waals surface area contributed by atoms with E-state index in [1.54, 1.807) is 43.6 Å². The lowest BCUT2D eigenvalue weighted by Gasteiger charge is -2.16. The highest BCUT2D eigenvalue weighted by molar-refractivity contribution is 7.94. The van der Waals surface area contributed by atoms with Crippen LogP contribution in [0.4, 0.5) is 5.69 Å². The number of anilines is 1. The highest BCUT2D eigenvalue weighted by Gasteiger charge is 2.42. The monoisotopic (exact) mass is 359 g/mol. The maximum Gasteiger partial charge on any atom is 0.251 e. The minimum atomic E-state index is -3.69. The van der Waals surface area contributed by atoms with Crippen LogP contribution in [0.25, 0.3) is 0 Å². The van der Waals surface area contributed by atoms with Crippen LogP contribution in [0.15, 0.2) is 48.8 Å². The number of nitrogens with one attached hydrogen (secondary N) is 1. The zero-order valence-electron chi connectivity index (χ0n) is 13.5. The van der Waals surface area contributed by atoms with E-state index < -0.39 is 21.8 Å². The SMILES string of the molecule is C[C@H]1CS(=O)(=O)N(c2cccc(C(=O)NCc3ccncc3)c2)C1=O. The fraction of sp³-hybridized carbons (Fsp3) is 0.235. The maximum absolute atomic E-state index is 12.3. The first-order valence-electron chi connectivity index (χ1n) is 7.72. The maximum atomic E-state index is 12.3. The summed E-state index contributed by atoms with van der Waals surface area (Å²) in [5.74, 6) is -1.64. The molecule has 0 unspecified atom stereocenters. The molecule has 1 aliphatic rings. The summed E-state index contributed by atoms with van der Waals surface area (Å²) in [5, 5.41) is 2.75. The van der Waals surface area contributed by atoms with Gasteiger partial charge in [0.2, 0.25) is 15.9 Å². The van der Waals surface area contributed by atoms with Crippen LogP contribution in [-0.2, 0) is 21.4 Å². The Hall–Kier alpha value is -2.74. The Bertz CT molecular complexity index is 913. The van der Waals surface area contributed by atoms with E-state index in [4.69, 9.17) is 0 Å². The number of amides is 2. The molecule has 7 nitrogen and oxygen atoms in total. The van der Waals surface area contributed by atoms with Crippen LogP contribution in [0, 0.1) is 5.92 Å². The molecular formula is C17H17N3O4S. The van der Waals surface area contributed by atoms with Crippen molar-refractivity contribution in [2.45, 2.75) is 13.5 Å². The van der Waals surface area contributed by atoms with E-state index in [0.717, 1.165) is 9.87 Å². The quantitative estimate of drug-likeness (QED) is 0.888. The Morgan fingerprint density at radius 1 is 1.28 bits per heavy atom. The second-order valence-electron chi connectivity index (χ2n) is 5.87. The molecular weight excluding hydrogens is 342 g/mol. The summed E-state index contributed by atoms with van der Waals surface area (Å²) in [6, 6.07) is 9.62. The average molecular weight is 359 g/mol. The van der Waals surface area contributed by atoms with Crippen molar-refractivity contribution < 1.29 is 18.0 Å². The zero-order valence-corrected chi connectivity index (χ0v) is 14.4. The van der Waals surface area contributed by atoms with Crippen LogP contribution in [0.2, 0.25) is 0 Å². The van der Waals surface area contributed by atoms with E-state index in [1.807, 2.05) is 0 Å². The van der Waals surface area contributed by atoms with Gasteiger partial charge in [-0.05, 0) is 35.9 Å². The first-order valence-corrected chi connectivity index (χ1v) is 9.33. The molecule has 1 saturated heterocycles. The average Bonchev–Trinajstić information content (AvgIpc) is 2.81. The standard InChI is InChI=1S/C17H17N3O4S/c1-12-11-25(23,24)20(17(12)22)15-4-2-3-14(9-15)16(21)19-10-13-5-7-18-8-6-13/h2-9,12H,10-11H2,1H3,(H,19,21)/t12-/m0/s1. The van der Waals surface area contributed by atoms with Crippen LogP contribution in [0.3, 0.4) is 0 Å². The predicted molar refractivity (Wildman–Crippen MR) is 92.3 cm³/mol. The van der Waals surface area contributed by atoms with Gasteiger partial charge in [-0.2, -0.15) is 0 Å². The number of carbonyl (C=O) groups excluding carboxylic acids is 2. The van der Waals surface area contributed by atoms with Crippen molar-refractivity contribution in [3.05, 3.63) is 59.9 Å². The number of sulfonamides is 1. The number of hydrogen-bond acceptors (Lipinski definition) is 5. The molecule has 1 aromatic heterocycles. The Labute approximate surface area is 145 Å². The van der Waals surface area contributed by atoms with Crippen molar-refractivity contribution in [3.8, 4) is 0 Å². The smallest absolute Gasteiger partial charge is 0.251 e. The Morgan fingerprint density at radius 3 is 2.64 bits per heavy atom. The van der Waals surface area contributed by atoms with Crippen molar-refractivity contribution in [1.29, 1.82) is 0 Å². The van der Waals surface area contributed by atoms with E-state index in [2.05, 4.69) is 10.3 Å². The van der Waals surface area contributed by atoms with E-state index in [0.29, 0.717) is 6.54 Å². The number of aromatic nitrogens is 1. The lowest BCUT2D eigenvalue weighted by atomic mass is 10.1. The fourth-order valence-electron chi connectivity index (χ4n) is 2.65. The molecule has 0 aliphatic carbocycles. The molecule has 130 valence electrons. The molecule has 0 saturated carbocycles. The molecule has 0 spiro atoms. The van der Waals surface area contributed by atoms with Gasteiger partial charge in [-0.1, -0.05) is 13.0 Å². The molecule has 0 bridgehead atoms. The molecule has 1 N–H and O–H groups in total. The minimum absolute atomic E-state index is 0.186. The molecule has 1 aliphatic heterocycles. The second kappa shape index (κ2) is 6.64. The lowest BCUT2D eigenvalue weighted by Crippen LogP contribution is -2.30. The molecule has 2 aromatic rings. The van der Waals surface area contributed by atoms with Gasteiger partial charge < -0.3 is 5.32 Å².